The van der Waals surface area contributed by atoms with Crippen LogP contribution >= 0.6 is 12.4 Å². The highest BCUT2D eigenvalue weighted by molar-refractivity contribution is 7.92. The quantitative estimate of drug-likeness (QED) is 0.815. The van der Waals surface area contributed by atoms with Crippen molar-refractivity contribution < 1.29 is 21.6 Å². The summed E-state index contributed by atoms with van der Waals surface area (Å²) in [6.45, 7) is 2.03. The summed E-state index contributed by atoms with van der Waals surface area (Å²) in [5.74, 6) is 0. The van der Waals surface area contributed by atoms with E-state index in [-0.39, 0.29) is 29.4 Å². The van der Waals surface area contributed by atoms with Crippen LogP contribution in [0.3, 0.4) is 0 Å². The molecule has 27 heavy (non-hydrogen) atoms. The molecule has 0 spiro atoms. The van der Waals surface area contributed by atoms with E-state index in [9.17, 15) is 21.6 Å². The van der Waals surface area contributed by atoms with E-state index in [1.807, 2.05) is 6.07 Å². The van der Waals surface area contributed by atoms with E-state index in [0.717, 1.165) is 35.7 Å². The molecule has 1 aliphatic rings. The third-order valence-electron chi connectivity index (χ3n) is 4.53. The van der Waals surface area contributed by atoms with Gasteiger partial charge in [-0.3, -0.25) is 4.31 Å². The first-order valence-electron chi connectivity index (χ1n) is 8.17. The second kappa shape index (κ2) is 7.69. The summed E-state index contributed by atoms with van der Waals surface area (Å²) in [6.07, 6.45) is -3.13. The van der Waals surface area contributed by atoms with Gasteiger partial charge in [-0.25, -0.2) is 8.42 Å². The third kappa shape index (κ3) is 4.07. The highest BCUT2D eigenvalue weighted by Crippen LogP contribution is 2.35. The van der Waals surface area contributed by atoms with E-state index in [0.29, 0.717) is 18.7 Å². The molecule has 0 aliphatic carbocycles. The molecule has 0 fully saturated rings. The molecule has 4 nitrogen and oxygen atoms in total. The van der Waals surface area contributed by atoms with Crippen molar-refractivity contribution in [2.45, 2.75) is 37.4 Å². The Morgan fingerprint density at radius 2 is 1.85 bits per heavy atom. The Hall–Kier alpha value is -1.77. The standard InChI is InChI=1S/C18H19F3N2O2S.ClH/c1-12-9-15(18(19,20)21)5-7-17(12)26(24,25)23-8-2-3-14-10-13(11-22)4-6-16(14)23;/h4-7,9-10H,2-3,8,11,22H2,1H3;1H. The normalized spacial score (nSPS) is 14.5. The van der Waals surface area contributed by atoms with Crippen molar-refractivity contribution in [1.29, 1.82) is 0 Å². The van der Waals surface area contributed by atoms with E-state index in [4.69, 9.17) is 5.73 Å². The molecule has 9 heteroatoms. The fourth-order valence-corrected chi connectivity index (χ4v) is 4.98. The van der Waals surface area contributed by atoms with Crippen LogP contribution in [0.4, 0.5) is 18.9 Å². The van der Waals surface area contributed by atoms with Crippen molar-refractivity contribution in [1.82, 2.24) is 0 Å². The minimum Gasteiger partial charge on any atom is -0.326 e. The maximum absolute atomic E-state index is 13.1. The molecule has 0 saturated carbocycles. The molecule has 0 unspecified atom stereocenters. The lowest BCUT2D eigenvalue weighted by atomic mass is 10.0. The summed E-state index contributed by atoms with van der Waals surface area (Å²) in [5.41, 5.74) is 7.21. The molecular weight excluding hydrogens is 401 g/mol. The van der Waals surface area contributed by atoms with E-state index in [2.05, 4.69) is 0 Å². The Balaban J connectivity index is 0.00000261. The van der Waals surface area contributed by atoms with Crippen LogP contribution in [0.2, 0.25) is 0 Å². The molecule has 0 bridgehead atoms. The van der Waals surface area contributed by atoms with Gasteiger partial charge in [0.05, 0.1) is 16.1 Å². The Labute approximate surface area is 162 Å². The summed E-state index contributed by atoms with van der Waals surface area (Å²) in [6, 6.07) is 8.09. The highest BCUT2D eigenvalue weighted by atomic mass is 35.5. The fraction of sp³-hybridized carbons (Fsp3) is 0.333. The maximum Gasteiger partial charge on any atom is 0.416 e. The number of fused-ring (bicyclic) bond motifs is 1. The summed E-state index contributed by atoms with van der Waals surface area (Å²) in [7, 11) is -3.95. The number of benzene rings is 2. The molecular formula is C18H20ClF3N2O2S. The van der Waals surface area contributed by atoms with Gasteiger partial charge in [0.15, 0.2) is 0 Å². The van der Waals surface area contributed by atoms with Crippen LogP contribution in [-0.4, -0.2) is 15.0 Å². The van der Waals surface area contributed by atoms with Crippen LogP contribution in [0, 0.1) is 6.92 Å². The van der Waals surface area contributed by atoms with Gasteiger partial charge in [-0.05, 0) is 60.7 Å². The summed E-state index contributed by atoms with van der Waals surface area (Å²) >= 11 is 0. The van der Waals surface area contributed by atoms with Gasteiger partial charge in [0.2, 0.25) is 0 Å². The average molecular weight is 421 g/mol. The van der Waals surface area contributed by atoms with Crippen molar-refractivity contribution in [3.05, 3.63) is 58.7 Å². The van der Waals surface area contributed by atoms with Crippen molar-refractivity contribution in [3.63, 3.8) is 0 Å². The molecule has 2 N–H and O–H groups in total. The number of nitrogens with zero attached hydrogens (tertiary/aromatic N) is 1. The molecule has 0 aromatic heterocycles. The number of nitrogens with two attached hydrogens (primary N) is 1. The summed E-state index contributed by atoms with van der Waals surface area (Å²) in [4.78, 5) is -0.110. The first kappa shape index (κ1) is 21.5. The maximum atomic E-state index is 13.1. The van der Waals surface area contributed by atoms with Crippen molar-refractivity contribution >= 4 is 28.1 Å². The Morgan fingerprint density at radius 1 is 1.15 bits per heavy atom. The minimum atomic E-state index is -4.51. The minimum absolute atomic E-state index is 0. The van der Waals surface area contributed by atoms with Crippen LogP contribution in [0.5, 0.6) is 0 Å². The van der Waals surface area contributed by atoms with Crippen LogP contribution in [0.25, 0.3) is 0 Å². The van der Waals surface area contributed by atoms with Crippen LogP contribution < -0.4 is 10.0 Å². The van der Waals surface area contributed by atoms with Crippen LogP contribution in [-0.2, 0) is 29.2 Å². The molecule has 1 heterocycles. The van der Waals surface area contributed by atoms with Gasteiger partial charge in [-0.2, -0.15) is 13.2 Å². The topological polar surface area (TPSA) is 63.4 Å². The summed E-state index contributed by atoms with van der Waals surface area (Å²) in [5, 5.41) is 0. The zero-order chi connectivity index (χ0) is 19.1. The fourth-order valence-electron chi connectivity index (χ4n) is 3.23. The molecule has 3 rings (SSSR count). The van der Waals surface area contributed by atoms with E-state index >= 15 is 0 Å². The molecule has 1 aliphatic heterocycles. The number of hydrogen-bond donors (Lipinski definition) is 1. The number of sulfonamides is 1. The number of rotatable bonds is 3. The lowest BCUT2D eigenvalue weighted by molar-refractivity contribution is -0.137. The third-order valence-corrected chi connectivity index (χ3v) is 6.50. The van der Waals surface area contributed by atoms with Gasteiger partial charge in [-0.1, -0.05) is 12.1 Å². The Bertz CT molecular complexity index is 946. The smallest absolute Gasteiger partial charge is 0.326 e. The van der Waals surface area contributed by atoms with Gasteiger partial charge < -0.3 is 5.73 Å². The van der Waals surface area contributed by atoms with Gasteiger partial charge in [0, 0.05) is 13.1 Å². The summed E-state index contributed by atoms with van der Waals surface area (Å²) < 4.78 is 66.0. The number of alkyl halides is 3. The van der Waals surface area contributed by atoms with Crippen molar-refractivity contribution in [2.24, 2.45) is 5.73 Å². The first-order valence-corrected chi connectivity index (χ1v) is 9.61. The van der Waals surface area contributed by atoms with Crippen molar-refractivity contribution in [2.75, 3.05) is 10.8 Å². The lowest BCUT2D eigenvalue weighted by Gasteiger charge is -2.31. The second-order valence-electron chi connectivity index (χ2n) is 6.33. The molecule has 0 saturated heterocycles. The predicted molar refractivity (Wildman–Crippen MR) is 101 cm³/mol. The molecule has 0 amide bonds. The van der Waals surface area contributed by atoms with E-state index < -0.39 is 21.8 Å². The van der Waals surface area contributed by atoms with Gasteiger partial charge in [0.1, 0.15) is 0 Å². The van der Waals surface area contributed by atoms with Crippen LogP contribution in [0.15, 0.2) is 41.3 Å². The molecule has 148 valence electrons. The average Bonchev–Trinajstić information content (AvgIpc) is 2.59. The Kier molecular flexibility index (Phi) is 6.13. The second-order valence-corrected chi connectivity index (χ2v) is 8.16. The Morgan fingerprint density at radius 3 is 2.44 bits per heavy atom. The van der Waals surface area contributed by atoms with Crippen LogP contribution in [0.1, 0.15) is 28.7 Å². The zero-order valence-corrected chi connectivity index (χ0v) is 16.2. The van der Waals surface area contributed by atoms with Crippen molar-refractivity contribution in [3.8, 4) is 0 Å². The number of halogens is 4. The van der Waals surface area contributed by atoms with Gasteiger partial charge in [0.25, 0.3) is 10.0 Å². The van der Waals surface area contributed by atoms with Gasteiger partial charge >= 0.3 is 6.18 Å². The number of hydrogen-bond acceptors (Lipinski definition) is 3. The molecule has 0 radical (unpaired) electrons. The monoisotopic (exact) mass is 420 g/mol. The highest BCUT2D eigenvalue weighted by Gasteiger charge is 2.34. The molecule has 2 aromatic rings. The zero-order valence-electron chi connectivity index (χ0n) is 14.6. The van der Waals surface area contributed by atoms with Gasteiger partial charge in [-0.15, -0.1) is 12.4 Å². The molecule has 0 atom stereocenters. The van der Waals surface area contributed by atoms with E-state index in [1.165, 1.54) is 11.2 Å². The largest absolute Gasteiger partial charge is 0.416 e. The lowest BCUT2D eigenvalue weighted by Crippen LogP contribution is -2.36. The van der Waals surface area contributed by atoms with E-state index in [1.54, 1.807) is 12.1 Å². The molecule has 2 aromatic carbocycles. The first-order chi connectivity index (χ1) is 12.1. The number of anilines is 1. The SMILES string of the molecule is Cc1cc(C(F)(F)F)ccc1S(=O)(=O)N1CCCc2cc(CN)ccc21.Cl. The number of aryl methyl sites for hydroxylation is 2. The predicted octanol–water partition coefficient (Wildman–Crippen LogP) is 4.04.